The third-order valence-electron chi connectivity index (χ3n) is 9.22. The number of ether oxygens (including phenoxy) is 1. The maximum Gasteiger partial charge on any atom is 0.410 e. The number of carbonyl (C=O) groups excluding carboxylic acids is 2. The highest BCUT2D eigenvalue weighted by Crippen LogP contribution is 2.65. The van der Waals surface area contributed by atoms with Crippen molar-refractivity contribution in [3.8, 4) is 0 Å². The summed E-state index contributed by atoms with van der Waals surface area (Å²) < 4.78 is 19.5. The highest BCUT2D eigenvalue weighted by molar-refractivity contribution is 5.81. The van der Waals surface area contributed by atoms with Crippen LogP contribution in [0.25, 0.3) is 0 Å². The van der Waals surface area contributed by atoms with E-state index >= 15 is 0 Å². The normalized spacial score (nSPS) is 34.4. The molecular weight excluding hydrogens is 409 g/mol. The molecule has 0 radical (unpaired) electrons. The van der Waals surface area contributed by atoms with Crippen LogP contribution in [-0.4, -0.2) is 66.2 Å². The van der Waals surface area contributed by atoms with Crippen LogP contribution in [0.15, 0.2) is 18.2 Å². The molecule has 3 aliphatic heterocycles. The fourth-order valence-electron chi connectivity index (χ4n) is 7.73. The molecule has 4 unspecified atom stereocenters. The SMILES string of the molecule is CCCOC(=O)N1C2CCC3CC(N4CCC5(CC4)CN(C=O)c4ccc(F)cc45)CC321. The van der Waals surface area contributed by atoms with Crippen LogP contribution < -0.4 is 4.90 Å². The quantitative estimate of drug-likeness (QED) is 0.528. The maximum absolute atomic E-state index is 14.1. The number of halogens is 1. The van der Waals surface area contributed by atoms with Gasteiger partial charge in [0, 0.05) is 23.7 Å². The van der Waals surface area contributed by atoms with Gasteiger partial charge in [-0.3, -0.25) is 9.69 Å². The minimum Gasteiger partial charge on any atom is -0.449 e. The van der Waals surface area contributed by atoms with E-state index in [9.17, 15) is 14.0 Å². The Kier molecular flexibility index (Phi) is 4.59. The van der Waals surface area contributed by atoms with Gasteiger partial charge in [-0.25, -0.2) is 9.18 Å². The van der Waals surface area contributed by atoms with Crippen molar-refractivity contribution in [3.05, 3.63) is 29.6 Å². The van der Waals surface area contributed by atoms with Gasteiger partial charge < -0.3 is 14.5 Å². The monoisotopic (exact) mass is 441 g/mol. The van der Waals surface area contributed by atoms with Gasteiger partial charge in [0.05, 0.1) is 18.2 Å². The van der Waals surface area contributed by atoms with E-state index in [2.05, 4.69) is 9.80 Å². The third-order valence-corrected chi connectivity index (χ3v) is 9.22. The second kappa shape index (κ2) is 7.17. The molecular formula is C25H32FN3O3. The molecule has 6 nitrogen and oxygen atoms in total. The maximum atomic E-state index is 14.1. The van der Waals surface area contributed by atoms with Gasteiger partial charge in [-0.15, -0.1) is 0 Å². The predicted molar refractivity (Wildman–Crippen MR) is 118 cm³/mol. The molecule has 1 aromatic carbocycles. The minimum atomic E-state index is -0.226. The van der Waals surface area contributed by atoms with Crippen LogP contribution in [0.2, 0.25) is 0 Å². The first kappa shape index (κ1) is 20.5. The molecule has 172 valence electrons. The molecule has 4 atom stereocenters. The Morgan fingerprint density at radius 2 is 2.09 bits per heavy atom. The zero-order chi connectivity index (χ0) is 22.1. The molecule has 0 aromatic heterocycles. The Labute approximate surface area is 188 Å². The molecule has 2 saturated carbocycles. The summed E-state index contributed by atoms with van der Waals surface area (Å²) in [5.41, 5.74) is 1.77. The molecule has 0 bridgehead atoms. The molecule has 3 heterocycles. The lowest BCUT2D eigenvalue weighted by atomic mass is 9.74. The first-order valence-corrected chi connectivity index (χ1v) is 12.2. The smallest absolute Gasteiger partial charge is 0.410 e. The number of amides is 2. The topological polar surface area (TPSA) is 52.9 Å². The molecule has 1 aromatic rings. The van der Waals surface area contributed by atoms with Gasteiger partial charge in [-0.2, -0.15) is 0 Å². The van der Waals surface area contributed by atoms with Crippen LogP contribution in [0.5, 0.6) is 0 Å². The summed E-state index contributed by atoms with van der Waals surface area (Å²) in [6.07, 6.45) is 8.06. The molecule has 7 heteroatoms. The first-order chi connectivity index (χ1) is 15.5. The molecule has 2 aliphatic carbocycles. The van der Waals surface area contributed by atoms with Crippen molar-refractivity contribution in [2.45, 2.75) is 74.9 Å². The summed E-state index contributed by atoms with van der Waals surface area (Å²) >= 11 is 0. The number of likely N-dealkylation sites (tertiary alicyclic amines) is 2. The Balaban J connectivity index is 1.15. The molecule has 0 N–H and O–H groups in total. The number of fused-ring (bicyclic) bond motifs is 2. The second-order valence-corrected chi connectivity index (χ2v) is 10.6. The summed E-state index contributed by atoms with van der Waals surface area (Å²) in [4.78, 5) is 30.6. The van der Waals surface area contributed by atoms with Crippen molar-refractivity contribution in [1.29, 1.82) is 0 Å². The van der Waals surface area contributed by atoms with Crippen molar-refractivity contribution in [3.63, 3.8) is 0 Å². The van der Waals surface area contributed by atoms with Crippen LogP contribution >= 0.6 is 0 Å². The lowest BCUT2D eigenvalue weighted by Crippen LogP contribution is -2.48. The summed E-state index contributed by atoms with van der Waals surface area (Å²) in [5.74, 6) is 0.366. The molecule has 2 saturated heterocycles. The first-order valence-electron chi connectivity index (χ1n) is 12.2. The van der Waals surface area contributed by atoms with E-state index in [1.807, 2.05) is 6.92 Å². The fourth-order valence-corrected chi connectivity index (χ4v) is 7.73. The van der Waals surface area contributed by atoms with Gasteiger partial charge in [-0.05, 0) is 87.7 Å². The van der Waals surface area contributed by atoms with Gasteiger partial charge in [-0.1, -0.05) is 6.92 Å². The zero-order valence-electron chi connectivity index (χ0n) is 18.8. The zero-order valence-corrected chi connectivity index (χ0v) is 18.8. The third kappa shape index (κ3) is 2.72. The molecule has 5 aliphatic rings. The van der Waals surface area contributed by atoms with Crippen LogP contribution in [0.4, 0.5) is 14.9 Å². The van der Waals surface area contributed by atoms with E-state index in [1.165, 1.54) is 12.5 Å². The Morgan fingerprint density at radius 3 is 2.84 bits per heavy atom. The standard InChI is InChI=1S/C25H32FN3O3/c1-2-11-32-23(31)29-22-6-3-17-12-19(14-25(17,22)29)27-9-7-24(8-10-27)15-28(16-30)21-5-4-18(26)13-20(21)24/h4-5,13,16-17,19,22H,2-3,6-12,14-15H2,1H3. The lowest BCUT2D eigenvalue weighted by molar-refractivity contribution is -0.107. The number of benzene rings is 1. The number of hydrogen-bond donors (Lipinski definition) is 0. The fraction of sp³-hybridized carbons (Fsp3) is 0.680. The molecule has 2 amide bonds. The van der Waals surface area contributed by atoms with Crippen molar-refractivity contribution >= 4 is 18.2 Å². The Morgan fingerprint density at radius 1 is 1.28 bits per heavy atom. The summed E-state index contributed by atoms with van der Waals surface area (Å²) in [6.45, 7) is 5.10. The highest BCUT2D eigenvalue weighted by atomic mass is 19.1. The number of anilines is 1. The van der Waals surface area contributed by atoms with Gasteiger partial charge in [0.2, 0.25) is 6.41 Å². The van der Waals surface area contributed by atoms with E-state index in [1.54, 1.807) is 17.0 Å². The summed E-state index contributed by atoms with van der Waals surface area (Å²) in [7, 11) is 0. The van der Waals surface area contributed by atoms with Crippen molar-refractivity contribution < 1.29 is 18.7 Å². The van der Waals surface area contributed by atoms with Crippen LogP contribution in [0.1, 0.15) is 57.4 Å². The summed E-state index contributed by atoms with van der Waals surface area (Å²) in [6, 6.07) is 5.71. The number of rotatable bonds is 4. The molecule has 6 rings (SSSR count). The average molecular weight is 442 g/mol. The molecule has 32 heavy (non-hydrogen) atoms. The van der Waals surface area contributed by atoms with E-state index in [0.29, 0.717) is 31.2 Å². The van der Waals surface area contributed by atoms with Gasteiger partial charge in [0.1, 0.15) is 5.82 Å². The van der Waals surface area contributed by atoms with Crippen LogP contribution in [0.3, 0.4) is 0 Å². The number of nitrogens with zero attached hydrogens (tertiary/aromatic N) is 3. The minimum absolute atomic E-state index is 0.0437. The highest BCUT2D eigenvalue weighted by Gasteiger charge is 2.75. The summed E-state index contributed by atoms with van der Waals surface area (Å²) in [5, 5.41) is 0. The van der Waals surface area contributed by atoms with E-state index < -0.39 is 0 Å². The van der Waals surface area contributed by atoms with E-state index in [0.717, 1.165) is 69.3 Å². The Hall–Kier alpha value is -2.15. The average Bonchev–Trinajstić information content (AvgIpc) is 3.06. The van der Waals surface area contributed by atoms with Crippen molar-refractivity contribution in [1.82, 2.24) is 9.80 Å². The number of piperidine rings is 2. The van der Waals surface area contributed by atoms with Crippen molar-refractivity contribution in [2.24, 2.45) is 5.92 Å². The lowest BCUT2D eigenvalue weighted by Gasteiger charge is -2.42. The van der Waals surface area contributed by atoms with Crippen molar-refractivity contribution in [2.75, 3.05) is 31.1 Å². The number of carbonyl (C=O) groups is 2. The number of hydrogen-bond acceptors (Lipinski definition) is 4. The van der Waals surface area contributed by atoms with E-state index in [-0.39, 0.29) is 22.9 Å². The van der Waals surface area contributed by atoms with Crippen LogP contribution in [-0.2, 0) is 14.9 Å². The predicted octanol–water partition coefficient (Wildman–Crippen LogP) is 3.68. The van der Waals surface area contributed by atoms with Gasteiger partial charge >= 0.3 is 6.09 Å². The molecule has 2 spiro atoms. The van der Waals surface area contributed by atoms with Gasteiger partial charge in [0.25, 0.3) is 0 Å². The molecule has 4 fully saturated rings. The van der Waals surface area contributed by atoms with Crippen LogP contribution in [0, 0.1) is 11.7 Å². The Bertz CT molecular complexity index is 946. The largest absolute Gasteiger partial charge is 0.449 e. The van der Waals surface area contributed by atoms with E-state index in [4.69, 9.17) is 4.74 Å². The van der Waals surface area contributed by atoms with Gasteiger partial charge in [0.15, 0.2) is 0 Å². The second-order valence-electron chi connectivity index (χ2n) is 10.6.